The Bertz CT molecular complexity index is 1060. The van der Waals surface area contributed by atoms with Gasteiger partial charge in [0.2, 0.25) is 5.82 Å². The van der Waals surface area contributed by atoms with Crippen LogP contribution in [0.15, 0.2) is 43.0 Å². The second-order valence-electron chi connectivity index (χ2n) is 9.90. The molecular formula is C30H34F4O. The van der Waals surface area contributed by atoms with Gasteiger partial charge in [-0.15, -0.1) is 6.58 Å². The average molecular weight is 487 g/mol. The van der Waals surface area contributed by atoms with Crippen molar-refractivity contribution in [1.82, 2.24) is 0 Å². The third kappa shape index (κ3) is 5.65. The number of hydrogen-bond donors (Lipinski definition) is 0. The molecule has 0 saturated heterocycles. The molecule has 5 heteroatoms. The number of allylic oxidation sites excluding steroid dienone is 2. The molecule has 0 spiro atoms. The van der Waals surface area contributed by atoms with Gasteiger partial charge in [-0.1, -0.05) is 30.4 Å². The zero-order valence-electron chi connectivity index (χ0n) is 20.3. The third-order valence-corrected chi connectivity index (χ3v) is 7.82. The summed E-state index contributed by atoms with van der Waals surface area (Å²) in [6, 6.07) is 6.52. The number of ether oxygens (including phenoxy) is 1. The zero-order valence-corrected chi connectivity index (χ0v) is 20.3. The van der Waals surface area contributed by atoms with Gasteiger partial charge >= 0.3 is 0 Å². The van der Waals surface area contributed by atoms with E-state index in [9.17, 15) is 8.78 Å². The van der Waals surface area contributed by atoms with Gasteiger partial charge in [0.15, 0.2) is 23.2 Å². The Morgan fingerprint density at radius 3 is 1.80 bits per heavy atom. The Morgan fingerprint density at radius 2 is 1.29 bits per heavy atom. The van der Waals surface area contributed by atoms with Gasteiger partial charge < -0.3 is 4.74 Å². The van der Waals surface area contributed by atoms with Crippen LogP contribution >= 0.6 is 0 Å². The van der Waals surface area contributed by atoms with E-state index in [0.717, 1.165) is 51.4 Å². The van der Waals surface area contributed by atoms with Crippen molar-refractivity contribution in [2.45, 2.75) is 70.1 Å². The summed E-state index contributed by atoms with van der Waals surface area (Å²) < 4.78 is 63.6. The fourth-order valence-electron chi connectivity index (χ4n) is 5.68. The summed E-state index contributed by atoms with van der Waals surface area (Å²) in [6.45, 7) is 5.83. The highest BCUT2D eigenvalue weighted by Gasteiger charge is 2.29. The molecule has 0 amide bonds. The van der Waals surface area contributed by atoms with Crippen LogP contribution in [0.3, 0.4) is 0 Å². The van der Waals surface area contributed by atoms with Gasteiger partial charge in [-0.25, -0.2) is 13.2 Å². The van der Waals surface area contributed by atoms with E-state index >= 15 is 8.78 Å². The van der Waals surface area contributed by atoms with Crippen molar-refractivity contribution in [3.05, 3.63) is 83.0 Å². The van der Waals surface area contributed by atoms with E-state index in [-0.39, 0.29) is 35.7 Å². The number of rotatable bonds is 7. The fourth-order valence-corrected chi connectivity index (χ4v) is 5.68. The number of benzene rings is 2. The molecule has 2 aliphatic rings. The summed E-state index contributed by atoms with van der Waals surface area (Å²) in [5.74, 6) is -2.65. The Hall–Kier alpha value is -2.56. The first-order chi connectivity index (χ1) is 16.9. The Labute approximate surface area is 205 Å². The molecule has 0 aliphatic heterocycles. The molecule has 0 bridgehead atoms. The van der Waals surface area contributed by atoms with E-state index in [2.05, 4.69) is 6.58 Å². The molecular weight excluding hydrogens is 452 g/mol. The van der Waals surface area contributed by atoms with Crippen LogP contribution in [-0.4, -0.2) is 6.61 Å². The first-order valence-electron chi connectivity index (χ1n) is 12.8. The van der Waals surface area contributed by atoms with Crippen molar-refractivity contribution in [3.63, 3.8) is 0 Å². The predicted octanol–water partition coefficient (Wildman–Crippen LogP) is 9.09. The van der Waals surface area contributed by atoms with E-state index in [1.54, 1.807) is 25.1 Å². The molecule has 2 aromatic rings. The third-order valence-electron chi connectivity index (χ3n) is 7.82. The first kappa shape index (κ1) is 25.5. The van der Waals surface area contributed by atoms with Crippen LogP contribution < -0.4 is 4.74 Å². The Balaban J connectivity index is 1.38. The minimum atomic E-state index is -0.979. The van der Waals surface area contributed by atoms with Gasteiger partial charge in [0.1, 0.15) is 0 Å². The van der Waals surface area contributed by atoms with Crippen molar-refractivity contribution in [2.75, 3.05) is 6.61 Å². The lowest BCUT2D eigenvalue weighted by Crippen LogP contribution is -2.16. The van der Waals surface area contributed by atoms with Crippen molar-refractivity contribution in [2.24, 2.45) is 11.8 Å². The highest BCUT2D eigenvalue weighted by atomic mass is 19.2. The molecule has 0 atom stereocenters. The lowest BCUT2D eigenvalue weighted by atomic mass is 9.76. The summed E-state index contributed by atoms with van der Waals surface area (Å²) >= 11 is 0. The van der Waals surface area contributed by atoms with Crippen LogP contribution in [0.1, 0.15) is 86.8 Å². The summed E-state index contributed by atoms with van der Waals surface area (Å²) in [5, 5.41) is 0. The van der Waals surface area contributed by atoms with Crippen LogP contribution in [0, 0.1) is 35.1 Å². The minimum absolute atomic E-state index is 0.0284. The summed E-state index contributed by atoms with van der Waals surface area (Å²) in [4.78, 5) is 0. The topological polar surface area (TPSA) is 9.23 Å². The van der Waals surface area contributed by atoms with Crippen LogP contribution in [0.5, 0.6) is 5.75 Å². The number of hydrogen-bond acceptors (Lipinski definition) is 1. The predicted molar refractivity (Wildman–Crippen MR) is 133 cm³/mol. The average Bonchev–Trinajstić information content (AvgIpc) is 2.88. The highest BCUT2D eigenvalue weighted by Crippen LogP contribution is 2.42. The normalized spacial score (nSPS) is 25.1. The highest BCUT2D eigenvalue weighted by molar-refractivity contribution is 5.52. The van der Waals surface area contributed by atoms with Gasteiger partial charge in [-0.2, -0.15) is 4.39 Å². The van der Waals surface area contributed by atoms with Gasteiger partial charge in [0.05, 0.1) is 6.61 Å². The molecule has 2 fully saturated rings. The zero-order chi connectivity index (χ0) is 24.9. The van der Waals surface area contributed by atoms with Crippen LogP contribution in [0.4, 0.5) is 17.6 Å². The van der Waals surface area contributed by atoms with Crippen molar-refractivity contribution >= 4 is 6.08 Å². The molecule has 2 saturated carbocycles. The van der Waals surface area contributed by atoms with Crippen molar-refractivity contribution in [3.8, 4) is 5.75 Å². The quantitative estimate of drug-likeness (QED) is 0.280. The largest absolute Gasteiger partial charge is 0.491 e. The second-order valence-corrected chi connectivity index (χ2v) is 9.90. The van der Waals surface area contributed by atoms with Crippen LogP contribution in [-0.2, 0) is 0 Å². The van der Waals surface area contributed by atoms with E-state index in [0.29, 0.717) is 17.0 Å². The summed E-state index contributed by atoms with van der Waals surface area (Å²) in [7, 11) is 0. The lowest BCUT2D eigenvalue weighted by molar-refractivity contribution is 0.314. The van der Waals surface area contributed by atoms with E-state index in [1.165, 1.54) is 12.1 Å². The second kappa shape index (κ2) is 11.5. The molecule has 1 nitrogen and oxygen atoms in total. The Morgan fingerprint density at radius 1 is 0.743 bits per heavy atom. The fraction of sp³-hybridized carbons (Fsp3) is 0.467. The maximum absolute atomic E-state index is 15.1. The van der Waals surface area contributed by atoms with Gasteiger partial charge in [-0.3, -0.25) is 0 Å². The molecule has 0 N–H and O–H groups in total. The van der Waals surface area contributed by atoms with E-state index in [4.69, 9.17) is 4.74 Å². The first-order valence-corrected chi connectivity index (χ1v) is 12.8. The smallest absolute Gasteiger partial charge is 0.201 e. The van der Waals surface area contributed by atoms with Gasteiger partial charge in [0, 0.05) is 5.56 Å². The van der Waals surface area contributed by atoms with Gasteiger partial charge in [-0.05, 0) is 105 Å². The monoisotopic (exact) mass is 486 g/mol. The molecule has 0 heterocycles. The maximum Gasteiger partial charge on any atom is 0.201 e. The molecule has 2 aliphatic carbocycles. The van der Waals surface area contributed by atoms with Crippen LogP contribution in [0.2, 0.25) is 0 Å². The molecule has 0 radical (unpaired) electrons. The Kier molecular flexibility index (Phi) is 8.35. The molecule has 0 aromatic heterocycles. The van der Waals surface area contributed by atoms with E-state index in [1.807, 2.05) is 12.2 Å². The maximum atomic E-state index is 15.1. The molecule has 188 valence electrons. The molecule has 2 aromatic carbocycles. The summed E-state index contributed by atoms with van der Waals surface area (Å²) in [5.41, 5.74) is 1.15. The SMILES string of the molecule is C=CC1CCC(c2ccc(C3CCC(C=Cc4ccc(OCC)c(F)c4F)CC3)c(F)c2F)CC1. The number of halogens is 4. The molecule has 35 heavy (non-hydrogen) atoms. The minimum Gasteiger partial charge on any atom is -0.491 e. The van der Waals surface area contributed by atoms with Crippen molar-refractivity contribution in [1.29, 1.82) is 0 Å². The summed E-state index contributed by atoms with van der Waals surface area (Å²) in [6.07, 6.45) is 12.2. The van der Waals surface area contributed by atoms with Crippen LogP contribution in [0.25, 0.3) is 6.08 Å². The standard InChI is InChI=1S/C30H34F4O/c1-3-19-5-10-21(11-6-19)24-16-17-25(29(33)28(24)32)22-12-7-20(8-13-22)9-14-23-15-18-26(35-4-2)30(34)27(23)31/h3,9,14-22H,1,4-8,10-13H2,2H3. The van der Waals surface area contributed by atoms with E-state index < -0.39 is 23.3 Å². The lowest BCUT2D eigenvalue weighted by Gasteiger charge is -2.29. The van der Waals surface area contributed by atoms with Gasteiger partial charge in [0.25, 0.3) is 0 Å². The molecule has 0 unspecified atom stereocenters. The molecule has 4 rings (SSSR count). The van der Waals surface area contributed by atoms with Crippen molar-refractivity contribution < 1.29 is 22.3 Å².